The van der Waals surface area contributed by atoms with Crippen molar-refractivity contribution in [1.29, 1.82) is 0 Å². The van der Waals surface area contributed by atoms with Gasteiger partial charge in [-0.2, -0.15) is 5.10 Å². The Morgan fingerprint density at radius 2 is 2.24 bits per heavy atom. The van der Waals surface area contributed by atoms with E-state index in [1.165, 1.54) is 6.21 Å². The van der Waals surface area contributed by atoms with E-state index in [-0.39, 0.29) is 5.96 Å². The van der Waals surface area contributed by atoms with E-state index >= 15 is 0 Å². The summed E-state index contributed by atoms with van der Waals surface area (Å²) in [6.07, 6.45) is 3.11. The molecule has 1 aromatic carbocycles. The number of hydrogen-bond donors (Lipinski definition) is 2. The van der Waals surface area contributed by atoms with Gasteiger partial charge in [0, 0.05) is 10.6 Å². The average Bonchev–Trinajstić information content (AvgIpc) is 2.27. The molecule has 1 rings (SSSR count). The lowest BCUT2D eigenvalue weighted by Gasteiger charge is -2.06. The number of guanidine groups is 1. The summed E-state index contributed by atoms with van der Waals surface area (Å²) in [5, 5.41) is 7.76. The fourth-order valence-corrected chi connectivity index (χ4v) is 1.24. The van der Waals surface area contributed by atoms with E-state index in [2.05, 4.69) is 16.8 Å². The maximum absolute atomic E-state index is 5.87. The van der Waals surface area contributed by atoms with Crippen LogP contribution in [0.5, 0.6) is 5.75 Å². The lowest BCUT2D eigenvalue weighted by Crippen LogP contribution is -2.21. The first kappa shape index (κ1) is 13.1. The van der Waals surface area contributed by atoms with Gasteiger partial charge in [0.15, 0.2) is 0 Å². The predicted octanol–water partition coefficient (Wildman–Crippen LogP) is 1.51. The number of rotatable bonds is 5. The van der Waals surface area contributed by atoms with Crippen LogP contribution in [0.2, 0.25) is 5.02 Å². The SMILES string of the molecule is C=CCOc1ccc(Cl)cc1C=NN=C(N)N. The number of nitrogens with zero attached hydrogens (tertiary/aromatic N) is 2. The van der Waals surface area contributed by atoms with E-state index in [1.54, 1.807) is 24.3 Å². The zero-order valence-electron chi connectivity index (χ0n) is 9.14. The van der Waals surface area contributed by atoms with E-state index in [1.807, 2.05) is 0 Å². The fourth-order valence-electron chi connectivity index (χ4n) is 1.06. The highest BCUT2D eigenvalue weighted by atomic mass is 35.5. The van der Waals surface area contributed by atoms with Gasteiger partial charge in [0.1, 0.15) is 12.4 Å². The monoisotopic (exact) mass is 252 g/mol. The van der Waals surface area contributed by atoms with Gasteiger partial charge in [0.25, 0.3) is 0 Å². The molecular formula is C11H13ClN4O. The highest BCUT2D eigenvalue weighted by molar-refractivity contribution is 6.30. The van der Waals surface area contributed by atoms with Crippen LogP contribution in [0.25, 0.3) is 0 Å². The highest BCUT2D eigenvalue weighted by Crippen LogP contribution is 2.21. The normalized spacial score (nSPS) is 10.2. The quantitative estimate of drug-likeness (QED) is 0.360. The fraction of sp³-hybridized carbons (Fsp3) is 0.0909. The molecule has 1 aromatic rings. The van der Waals surface area contributed by atoms with Crippen molar-refractivity contribution in [3.8, 4) is 5.75 Å². The maximum Gasteiger partial charge on any atom is 0.211 e. The van der Waals surface area contributed by atoms with Gasteiger partial charge in [-0.05, 0) is 18.2 Å². The van der Waals surface area contributed by atoms with Crippen molar-refractivity contribution >= 4 is 23.8 Å². The maximum atomic E-state index is 5.87. The molecule has 0 aliphatic carbocycles. The molecule has 0 unspecified atom stereocenters. The third kappa shape index (κ3) is 4.56. The Hall–Kier alpha value is -2.01. The van der Waals surface area contributed by atoms with E-state index in [0.717, 1.165) is 0 Å². The lowest BCUT2D eigenvalue weighted by molar-refractivity contribution is 0.363. The third-order valence-corrected chi connectivity index (χ3v) is 1.93. The van der Waals surface area contributed by atoms with Crippen LogP contribution >= 0.6 is 11.6 Å². The summed E-state index contributed by atoms with van der Waals surface area (Å²) in [5.74, 6) is 0.515. The van der Waals surface area contributed by atoms with E-state index in [0.29, 0.717) is 22.9 Å². The summed E-state index contributed by atoms with van der Waals surface area (Å²) < 4.78 is 5.42. The van der Waals surface area contributed by atoms with Gasteiger partial charge in [0.05, 0.1) is 6.21 Å². The Kier molecular flexibility index (Phi) is 5.03. The Labute approximate surface area is 104 Å². The van der Waals surface area contributed by atoms with Crippen LogP contribution in [0.4, 0.5) is 0 Å². The molecule has 0 heterocycles. The molecule has 90 valence electrons. The molecule has 0 spiro atoms. The van der Waals surface area contributed by atoms with Crippen molar-refractivity contribution in [2.24, 2.45) is 21.7 Å². The van der Waals surface area contributed by atoms with Gasteiger partial charge in [-0.1, -0.05) is 24.3 Å². The van der Waals surface area contributed by atoms with Crippen LogP contribution in [0.1, 0.15) is 5.56 Å². The molecule has 0 aliphatic rings. The molecule has 0 bridgehead atoms. The van der Waals surface area contributed by atoms with Crippen molar-refractivity contribution < 1.29 is 4.74 Å². The van der Waals surface area contributed by atoms with Crippen molar-refractivity contribution in [1.82, 2.24) is 0 Å². The number of ether oxygens (including phenoxy) is 1. The molecule has 0 atom stereocenters. The van der Waals surface area contributed by atoms with Gasteiger partial charge in [0.2, 0.25) is 5.96 Å². The molecule has 4 N–H and O–H groups in total. The molecule has 0 radical (unpaired) electrons. The van der Waals surface area contributed by atoms with Crippen LogP contribution in [0, 0.1) is 0 Å². The van der Waals surface area contributed by atoms with Crippen LogP contribution in [-0.2, 0) is 0 Å². The minimum Gasteiger partial charge on any atom is -0.489 e. The summed E-state index contributed by atoms with van der Waals surface area (Å²) in [6, 6.07) is 5.16. The van der Waals surface area contributed by atoms with Crippen LogP contribution in [-0.4, -0.2) is 18.8 Å². The molecule has 0 saturated carbocycles. The second-order valence-electron chi connectivity index (χ2n) is 3.05. The number of nitrogens with two attached hydrogens (primary N) is 2. The van der Waals surface area contributed by atoms with Gasteiger partial charge in [-0.15, -0.1) is 5.10 Å². The van der Waals surface area contributed by atoms with Crippen LogP contribution in [0.3, 0.4) is 0 Å². The highest BCUT2D eigenvalue weighted by Gasteiger charge is 2.01. The summed E-state index contributed by atoms with van der Waals surface area (Å²) in [5.41, 5.74) is 11.0. The molecule has 0 aromatic heterocycles. The zero-order chi connectivity index (χ0) is 12.7. The number of hydrogen-bond acceptors (Lipinski definition) is 3. The Bertz CT molecular complexity index is 453. The number of halogens is 1. The summed E-state index contributed by atoms with van der Waals surface area (Å²) >= 11 is 5.87. The molecule has 17 heavy (non-hydrogen) atoms. The summed E-state index contributed by atoms with van der Waals surface area (Å²) in [7, 11) is 0. The van der Waals surface area contributed by atoms with Crippen molar-refractivity contribution in [2.45, 2.75) is 0 Å². The second-order valence-corrected chi connectivity index (χ2v) is 3.49. The zero-order valence-corrected chi connectivity index (χ0v) is 9.89. The minimum absolute atomic E-state index is 0.114. The Morgan fingerprint density at radius 3 is 2.88 bits per heavy atom. The van der Waals surface area contributed by atoms with Crippen molar-refractivity contribution in [2.75, 3.05) is 6.61 Å². The number of benzene rings is 1. The van der Waals surface area contributed by atoms with Gasteiger partial charge >= 0.3 is 0 Å². The van der Waals surface area contributed by atoms with E-state index < -0.39 is 0 Å². The van der Waals surface area contributed by atoms with Crippen molar-refractivity contribution in [3.63, 3.8) is 0 Å². The first-order chi connectivity index (χ1) is 8.13. The molecule has 6 heteroatoms. The Balaban J connectivity index is 2.94. The van der Waals surface area contributed by atoms with Crippen LogP contribution in [0.15, 0.2) is 41.1 Å². The molecule has 0 saturated heterocycles. The topological polar surface area (TPSA) is 86.0 Å². The Morgan fingerprint density at radius 1 is 1.47 bits per heavy atom. The standard InChI is InChI=1S/C11H13ClN4O/c1-2-5-17-10-4-3-9(12)6-8(10)7-15-16-11(13)14/h2-4,6-7H,1,5H2,(H4,13,14,16). The first-order valence-corrected chi connectivity index (χ1v) is 5.16. The summed E-state index contributed by atoms with van der Waals surface area (Å²) in [6.45, 7) is 3.96. The van der Waals surface area contributed by atoms with Gasteiger partial charge < -0.3 is 16.2 Å². The smallest absolute Gasteiger partial charge is 0.211 e. The minimum atomic E-state index is -0.114. The average molecular weight is 253 g/mol. The van der Waals surface area contributed by atoms with E-state index in [4.69, 9.17) is 27.8 Å². The van der Waals surface area contributed by atoms with E-state index in [9.17, 15) is 0 Å². The lowest BCUT2D eigenvalue weighted by atomic mass is 10.2. The molecule has 0 amide bonds. The largest absolute Gasteiger partial charge is 0.489 e. The van der Waals surface area contributed by atoms with Gasteiger partial charge in [-0.25, -0.2) is 0 Å². The predicted molar refractivity (Wildman–Crippen MR) is 70.5 cm³/mol. The molecular weight excluding hydrogens is 240 g/mol. The first-order valence-electron chi connectivity index (χ1n) is 4.78. The third-order valence-electron chi connectivity index (χ3n) is 1.70. The van der Waals surface area contributed by atoms with Crippen molar-refractivity contribution in [3.05, 3.63) is 41.4 Å². The van der Waals surface area contributed by atoms with Crippen LogP contribution < -0.4 is 16.2 Å². The second kappa shape index (κ2) is 6.55. The molecule has 0 aliphatic heterocycles. The molecule has 5 nitrogen and oxygen atoms in total. The summed E-state index contributed by atoms with van der Waals surface area (Å²) in [4.78, 5) is 0. The van der Waals surface area contributed by atoms with Gasteiger partial charge in [-0.3, -0.25) is 0 Å². The molecule has 0 fully saturated rings.